The fraction of sp³-hybridized carbons (Fsp3) is 0.217. The highest BCUT2D eigenvalue weighted by atomic mass is 32.2. The summed E-state index contributed by atoms with van der Waals surface area (Å²) in [6.45, 7) is 2.36. The molecule has 4 aromatic rings. The number of aromatic nitrogens is 4. The number of carbonyl (C=O) groups is 1. The Kier molecular flexibility index (Phi) is 6.01. The molecule has 168 valence electrons. The summed E-state index contributed by atoms with van der Waals surface area (Å²) < 4.78 is 13.1. The summed E-state index contributed by atoms with van der Waals surface area (Å²) in [6, 6.07) is 16.0. The number of nitrogens with zero attached hydrogens (tertiary/aromatic N) is 5. The molecule has 5 rings (SSSR count). The minimum absolute atomic E-state index is 0.0421. The molecule has 0 saturated heterocycles. The molecule has 0 N–H and O–H groups in total. The first-order valence-electron chi connectivity index (χ1n) is 10.3. The molecule has 10 heteroatoms. The maximum absolute atomic E-state index is 11.6. The highest BCUT2D eigenvalue weighted by molar-refractivity contribution is 7.98. The molecule has 0 atom stereocenters. The van der Waals surface area contributed by atoms with Crippen LogP contribution in [-0.2, 0) is 17.1 Å². The van der Waals surface area contributed by atoms with Crippen LogP contribution in [-0.4, -0.2) is 39.5 Å². The van der Waals surface area contributed by atoms with Gasteiger partial charge >= 0.3 is 0 Å². The Morgan fingerprint density at radius 2 is 1.97 bits per heavy atom. The Hall–Kier alpha value is -3.37. The van der Waals surface area contributed by atoms with Crippen molar-refractivity contribution in [3.8, 4) is 22.9 Å². The van der Waals surface area contributed by atoms with Crippen LogP contribution in [0.5, 0.6) is 11.5 Å². The van der Waals surface area contributed by atoms with Crippen molar-refractivity contribution in [2.24, 2.45) is 0 Å². The van der Waals surface area contributed by atoms with E-state index in [1.165, 1.54) is 18.3 Å². The van der Waals surface area contributed by atoms with Crippen LogP contribution in [0.3, 0.4) is 0 Å². The van der Waals surface area contributed by atoms with Gasteiger partial charge in [-0.2, -0.15) is 0 Å². The monoisotopic (exact) mass is 479 g/mol. The van der Waals surface area contributed by atoms with Crippen LogP contribution in [0.4, 0.5) is 5.13 Å². The van der Waals surface area contributed by atoms with Gasteiger partial charge in [0.05, 0.1) is 12.2 Å². The fourth-order valence-electron chi connectivity index (χ4n) is 3.35. The highest BCUT2D eigenvalue weighted by Gasteiger charge is 2.18. The molecule has 0 unspecified atom stereocenters. The summed E-state index contributed by atoms with van der Waals surface area (Å²) in [6.07, 6.45) is 0. The number of anilines is 1. The molecule has 0 aliphatic carbocycles. The number of benzene rings is 2. The predicted molar refractivity (Wildman–Crippen MR) is 128 cm³/mol. The van der Waals surface area contributed by atoms with E-state index in [2.05, 4.69) is 19.7 Å². The van der Waals surface area contributed by atoms with Crippen molar-refractivity contribution in [3.63, 3.8) is 0 Å². The lowest BCUT2D eigenvalue weighted by atomic mass is 10.2. The standard InChI is InChI=1S/C23H21N5O3S2/c1-15(29)27(2)22-24-18(12-32-22)13-33-23-26-25-21(17-6-4-3-5-7-17)28(23)11-16-8-9-19-20(10-16)31-14-30-19/h3-10,12H,11,13-14H2,1-2H3. The van der Waals surface area contributed by atoms with Gasteiger partial charge in [0.25, 0.3) is 0 Å². The highest BCUT2D eigenvalue weighted by Crippen LogP contribution is 2.34. The largest absolute Gasteiger partial charge is 0.454 e. The summed E-state index contributed by atoms with van der Waals surface area (Å²) in [5.41, 5.74) is 2.96. The van der Waals surface area contributed by atoms with Crippen LogP contribution in [0.25, 0.3) is 11.4 Å². The van der Waals surface area contributed by atoms with E-state index in [1.54, 1.807) is 23.7 Å². The molecule has 0 spiro atoms. The molecule has 0 saturated carbocycles. The van der Waals surface area contributed by atoms with E-state index in [-0.39, 0.29) is 12.7 Å². The average Bonchev–Trinajstić information content (AvgIpc) is 3.57. The Morgan fingerprint density at radius 1 is 1.15 bits per heavy atom. The number of hydrogen-bond donors (Lipinski definition) is 0. The van der Waals surface area contributed by atoms with Crippen LogP contribution in [0, 0.1) is 0 Å². The van der Waals surface area contributed by atoms with Gasteiger partial charge in [-0.25, -0.2) is 4.98 Å². The Morgan fingerprint density at radius 3 is 2.79 bits per heavy atom. The second-order valence-corrected chi connectivity index (χ2v) is 9.21. The van der Waals surface area contributed by atoms with Crippen LogP contribution in [0.1, 0.15) is 18.2 Å². The first-order valence-corrected chi connectivity index (χ1v) is 12.1. The SMILES string of the molecule is CC(=O)N(C)c1nc(CSc2nnc(-c3ccccc3)n2Cc2ccc3c(c2)OCO3)cs1. The first-order chi connectivity index (χ1) is 16.1. The van der Waals surface area contributed by atoms with Gasteiger partial charge in [-0.3, -0.25) is 14.3 Å². The normalized spacial score (nSPS) is 12.2. The van der Waals surface area contributed by atoms with Crippen LogP contribution >= 0.6 is 23.1 Å². The van der Waals surface area contributed by atoms with Crippen molar-refractivity contribution >= 4 is 34.1 Å². The molecular formula is C23H21N5O3S2. The first kappa shape index (κ1) is 21.5. The molecule has 33 heavy (non-hydrogen) atoms. The van der Waals surface area contributed by atoms with E-state index in [0.29, 0.717) is 17.4 Å². The van der Waals surface area contributed by atoms with Gasteiger partial charge in [0.15, 0.2) is 27.6 Å². The predicted octanol–water partition coefficient (Wildman–Crippen LogP) is 4.45. The summed E-state index contributed by atoms with van der Waals surface area (Å²) >= 11 is 3.02. The van der Waals surface area contributed by atoms with Crippen LogP contribution in [0.15, 0.2) is 59.1 Å². The number of ether oxygens (including phenoxy) is 2. The summed E-state index contributed by atoms with van der Waals surface area (Å²) in [5, 5.41) is 12.4. The van der Waals surface area contributed by atoms with Crippen molar-refractivity contribution in [1.29, 1.82) is 0 Å². The minimum Gasteiger partial charge on any atom is -0.454 e. The molecule has 8 nitrogen and oxygen atoms in total. The van der Waals surface area contributed by atoms with Gasteiger partial charge in [0, 0.05) is 30.7 Å². The third-order valence-electron chi connectivity index (χ3n) is 5.17. The number of thioether (sulfide) groups is 1. The number of thiazole rings is 1. The maximum Gasteiger partial charge on any atom is 0.231 e. The third kappa shape index (κ3) is 4.57. The molecular weight excluding hydrogens is 458 g/mol. The summed E-state index contributed by atoms with van der Waals surface area (Å²) in [4.78, 5) is 17.7. The lowest BCUT2D eigenvalue weighted by Crippen LogP contribution is -2.22. The molecule has 1 aliphatic rings. The molecule has 3 heterocycles. The van der Waals surface area contributed by atoms with Gasteiger partial charge in [-0.15, -0.1) is 21.5 Å². The van der Waals surface area contributed by atoms with Gasteiger partial charge < -0.3 is 9.47 Å². The lowest BCUT2D eigenvalue weighted by Gasteiger charge is -2.11. The van der Waals surface area contributed by atoms with Crippen LogP contribution in [0.2, 0.25) is 0 Å². The van der Waals surface area contributed by atoms with Crippen molar-refractivity contribution in [1.82, 2.24) is 19.7 Å². The number of hydrogen-bond acceptors (Lipinski definition) is 8. The number of fused-ring (bicyclic) bond motifs is 1. The third-order valence-corrected chi connectivity index (χ3v) is 7.14. The lowest BCUT2D eigenvalue weighted by molar-refractivity contribution is -0.116. The molecule has 1 aliphatic heterocycles. The van der Waals surface area contributed by atoms with E-state index in [9.17, 15) is 4.79 Å². The second-order valence-electron chi connectivity index (χ2n) is 7.43. The van der Waals surface area contributed by atoms with Gasteiger partial charge in [0.1, 0.15) is 0 Å². The van der Waals surface area contributed by atoms with Gasteiger partial charge in [-0.05, 0) is 17.7 Å². The second kappa shape index (κ2) is 9.24. The minimum atomic E-state index is -0.0421. The molecule has 0 fully saturated rings. The van der Waals surface area contributed by atoms with E-state index in [4.69, 9.17) is 9.47 Å². The number of carbonyl (C=O) groups excluding carboxylic acids is 1. The van der Waals surface area contributed by atoms with Gasteiger partial charge in [-0.1, -0.05) is 48.2 Å². The molecule has 0 radical (unpaired) electrons. The molecule has 2 aromatic heterocycles. The zero-order valence-corrected chi connectivity index (χ0v) is 19.7. The van der Waals surface area contributed by atoms with Crippen molar-refractivity contribution < 1.29 is 14.3 Å². The maximum atomic E-state index is 11.6. The smallest absolute Gasteiger partial charge is 0.231 e. The number of rotatable bonds is 7. The Labute approximate surface area is 199 Å². The average molecular weight is 480 g/mol. The van der Waals surface area contributed by atoms with E-state index >= 15 is 0 Å². The molecule has 0 bridgehead atoms. The Bertz CT molecular complexity index is 1290. The van der Waals surface area contributed by atoms with E-state index in [1.807, 2.05) is 53.9 Å². The summed E-state index contributed by atoms with van der Waals surface area (Å²) in [5.74, 6) is 2.89. The topological polar surface area (TPSA) is 82.4 Å². The van der Waals surface area contributed by atoms with E-state index in [0.717, 1.165) is 39.3 Å². The van der Waals surface area contributed by atoms with Crippen molar-refractivity contribution in [2.45, 2.75) is 24.4 Å². The quantitative estimate of drug-likeness (QED) is 0.362. The van der Waals surface area contributed by atoms with Crippen molar-refractivity contribution in [3.05, 3.63) is 65.2 Å². The van der Waals surface area contributed by atoms with E-state index < -0.39 is 0 Å². The zero-order valence-electron chi connectivity index (χ0n) is 18.1. The number of amides is 1. The molecule has 1 amide bonds. The van der Waals surface area contributed by atoms with Crippen LogP contribution < -0.4 is 14.4 Å². The zero-order chi connectivity index (χ0) is 22.8. The molecule has 2 aromatic carbocycles. The summed E-state index contributed by atoms with van der Waals surface area (Å²) in [7, 11) is 1.73. The van der Waals surface area contributed by atoms with Gasteiger partial charge in [0.2, 0.25) is 12.7 Å². The Balaban J connectivity index is 1.41. The van der Waals surface area contributed by atoms with Crippen molar-refractivity contribution in [2.75, 3.05) is 18.7 Å². The fourth-order valence-corrected chi connectivity index (χ4v) is 5.12.